The molecule has 122 valence electrons. The van der Waals surface area contributed by atoms with Crippen molar-refractivity contribution in [2.24, 2.45) is 5.92 Å². The van der Waals surface area contributed by atoms with Crippen molar-refractivity contribution in [1.29, 1.82) is 0 Å². The first-order valence-electron chi connectivity index (χ1n) is 7.65. The van der Waals surface area contributed by atoms with Gasteiger partial charge in [-0.25, -0.2) is 0 Å². The molecule has 2 N–H and O–H groups in total. The van der Waals surface area contributed by atoms with E-state index in [0.29, 0.717) is 12.3 Å². The number of amides is 1. The molecule has 0 aliphatic carbocycles. The Morgan fingerprint density at radius 2 is 1.73 bits per heavy atom. The summed E-state index contributed by atoms with van der Waals surface area (Å²) in [4.78, 5) is 24.3. The fraction of sp³-hybridized carbons (Fsp3) is 0.529. The molecule has 1 rings (SSSR count). The van der Waals surface area contributed by atoms with Crippen LogP contribution in [0.25, 0.3) is 0 Å². The average molecular weight is 323 g/mol. The first kappa shape index (κ1) is 18.6. The lowest BCUT2D eigenvalue weighted by molar-refractivity contribution is -0.137. The number of hydrogen-bond acceptors (Lipinski definition) is 3. The Kier molecular flexibility index (Phi) is 8.02. The van der Waals surface area contributed by atoms with Crippen LogP contribution in [0.15, 0.2) is 29.2 Å². The van der Waals surface area contributed by atoms with Gasteiger partial charge in [-0.15, -0.1) is 11.8 Å². The lowest BCUT2D eigenvalue weighted by Gasteiger charge is -2.19. The summed E-state index contributed by atoms with van der Waals surface area (Å²) in [5, 5.41) is 12.0. The number of thioether (sulfide) groups is 1. The van der Waals surface area contributed by atoms with Gasteiger partial charge >= 0.3 is 5.97 Å². The van der Waals surface area contributed by atoms with Crippen LogP contribution in [0.5, 0.6) is 0 Å². The van der Waals surface area contributed by atoms with Crippen LogP contribution in [0.4, 0.5) is 0 Å². The molecule has 1 aromatic rings. The van der Waals surface area contributed by atoms with Gasteiger partial charge in [-0.2, -0.15) is 0 Å². The SMILES string of the molecule is CCC(CC)CC(=O)NC(CC(=O)O)c1ccc(SC)cc1. The van der Waals surface area contributed by atoms with Crippen LogP contribution in [0.2, 0.25) is 0 Å². The molecule has 5 heteroatoms. The van der Waals surface area contributed by atoms with Gasteiger partial charge in [0.2, 0.25) is 5.91 Å². The van der Waals surface area contributed by atoms with Gasteiger partial charge in [0.05, 0.1) is 12.5 Å². The smallest absolute Gasteiger partial charge is 0.305 e. The number of carbonyl (C=O) groups is 2. The molecule has 0 aromatic heterocycles. The zero-order valence-corrected chi connectivity index (χ0v) is 14.3. The first-order chi connectivity index (χ1) is 10.5. The standard InChI is InChI=1S/C17H25NO3S/c1-4-12(5-2)10-16(19)18-15(11-17(20)21)13-6-8-14(22-3)9-7-13/h6-9,12,15H,4-5,10-11H2,1-3H3,(H,18,19)(H,20,21). The predicted molar refractivity (Wildman–Crippen MR) is 90.0 cm³/mol. The van der Waals surface area contributed by atoms with Crippen molar-refractivity contribution in [2.75, 3.05) is 6.26 Å². The molecule has 1 aromatic carbocycles. The van der Waals surface area contributed by atoms with Crippen molar-refractivity contribution < 1.29 is 14.7 Å². The molecule has 0 aliphatic rings. The minimum atomic E-state index is -0.915. The second-order valence-electron chi connectivity index (χ2n) is 5.38. The quantitative estimate of drug-likeness (QED) is 0.677. The fourth-order valence-electron chi connectivity index (χ4n) is 2.36. The monoisotopic (exact) mass is 323 g/mol. The molecule has 0 saturated heterocycles. The second-order valence-corrected chi connectivity index (χ2v) is 6.26. The minimum Gasteiger partial charge on any atom is -0.481 e. The summed E-state index contributed by atoms with van der Waals surface area (Å²) in [5.41, 5.74) is 0.832. The average Bonchev–Trinajstić information content (AvgIpc) is 2.51. The lowest BCUT2D eigenvalue weighted by Crippen LogP contribution is -2.31. The fourth-order valence-corrected chi connectivity index (χ4v) is 2.76. The maximum Gasteiger partial charge on any atom is 0.305 e. The van der Waals surface area contributed by atoms with Crippen molar-refractivity contribution in [2.45, 2.75) is 50.5 Å². The van der Waals surface area contributed by atoms with Gasteiger partial charge in [0.1, 0.15) is 0 Å². The molecule has 1 amide bonds. The van der Waals surface area contributed by atoms with Gasteiger partial charge < -0.3 is 10.4 Å². The van der Waals surface area contributed by atoms with Crippen LogP contribution in [-0.4, -0.2) is 23.2 Å². The van der Waals surface area contributed by atoms with E-state index < -0.39 is 12.0 Å². The third kappa shape index (κ3) is 6.10. The van der Waals surface area contributed by atoms with E-state index in [4.69, 9.17) is 5.11 Å². The Bertz CT molecular complexity index is 483. The highest BCUT2D eigenvalue weighted by molar-refractivity contribution is 7.98. The number of nitrogens with one attached hydrogen (secondary N) is 1. The summed E-state index contributed by atoms with van der Waals surface area (Å²) < 4.78 is 0. The molecule has 0 radical (unpaired) electrons. The molecular weight excluding hydrogens is 298 g/mol. The van der Waals surface area contributed by atoms with E-state index in [0.717, 1.165) is 23.3 Å². The van der Waals surface area contributed by atoms with Crippen LogP contribution in [0, 0.1) is 5.92 Å². The largest absolute Gasteiger partial charge is 0.481 e. The lowest BCUT2D eigenvalue weighted by atomic mass is 9.98. The molecule has 1 atom stereocenters. The first-order valence-corrected chi connectivity index (χ1v) is 8.87. The number of hydrogen-bond donors (Lipinski definition) is 2. The molecular formula is C17H25NO3S. The molecule has 0 bridgehead atoms. The van der Waals surface area contributed by atoms with E-state index >= 15 is 0 Å². The summed E-state index contributed by atoms with van der Waals surface area (Å²) in [5.74, 6) is -0.639. The van der Waals surface area contributed by atoms with Gasteiger partial charge in [0.25, 0.3) is 0 Å². The molecule has 0 saturated carbocycles. The van der Waals surface area contributed by atoms with Crippen molar-refractivity contribution in [1.82, 2.24) is 5.32 Å². The summed E-state index contributed by atoms with van der Waals surface area (Å²) >= 11 is 1.63. The van der Waals surface area contributed by atoms with E-state index in [2.05, 4.69) is 19.2 Å². The van der Waals surface area contributed by atoms with Gasteiger partial charge in [0.15, 0.2) is 0 Å². The highest BCUT2D eigenvalue weighted by Crippen LogP contribution is 2.22. The van der Waals surface area contributed by atoms with Gasteiger partial charge in [-0.1, -0.05) is 38.8 Å². The summed E-state index contributed by atoms with van der Waals surface area (Å²) in [6.45, 7) is 4.13. The van der Waals surface area contributed by atoms with Crippen molar-refractivity contribution in [3.8, 4) is 0 Å². The van der Waals surface area contributed by atoms with Gasteiger partial charge in [0, 0.05) is 11.3 Å². The van der Waals surface area contributed by atoms with Crippen LogP contribution in [0.3, 0.4) is 0 Å². The highest BCUT2D eigenvalue weighted by Gasteiger charge is 2.19. The number of aliphatic carboxylic acids is 1. The molecule has 4 nitrogen and oxygen atoms in total. The third-order valence-corrected chi connectivity index (χ3v) is 4.60. The summed E-state index contributed by atoms with van der Waals surface area (Å²) in [6, 6.07) is 7.19. The zero-order valence-electron chi connectivity index (χ0n) is 13.5. The minimum absolute atomic E-state index is 0.0751. The van der Waals surface area contributed by atoms with Gasteiger partial charge in [-0.3, -0.25) is 9.59 Å². The van der Waals surface area contributed by atoms with Crippen molar-refractivity contribution in [3.63, 3.8) is 0 Å². The second kappa shape index (κ2) is 9.51. The van der Waals surface area contributed by atoms with E-state index in [9.17, 15) is 9.59 Å². The molecule has 0 aliphatic heterocycles. The number of carboxylic acid groups (broad SMARTS) is 1. The van der Waals surface area contributed by atoms with Gasteiger partial charge in [-0.05, 0) is 29.9 Å². The molecule has 22 heavy (non-hydrogen) atoms. The predicted octanol–water partition coefficient (Wildman–Crippen LogP) is 3.87. The Morgan fingerprint density at radius 3 is 2.18 bits per heavy atom. The third-order valence-electron chi connectivity index (χ3n) is 3.86. The summed E-state index contributed by atoms with van der Waals surface area (Å²) in [6.07, 6.45) is 4.24. The van der Waals surface area contributed by atoms with E-state index in [1.165, 1.54) is 0 Å². The van der Waals surface area contributed by atoms with Crippen LogP contribution in [-0.2, 0) is 9.59 Å². The molecule has 0 spiro atoms. The maximum absolute atomic E-state index is 12.2. The van der Waals surface area contributed by atoms with E-state index in [1.54, 1.807) is 11.8 Å². The highest BCUT2D eigenvalue weighted by atomic mass is 32.2. The normalized spacial score (nSPS) is 12.2. The topological polar surface area (TPSA) is 66.4 Å². The zero-order chi connectivity index (χ0) is 16.5. The molecule has 0 fully saturated rings. The van der Waals surface area contributed by atoms with E-state index in [1.807, 2.05) is 30.5 Å². The Balaban J connectivity index is 2.79. The number of benzene rings is 1. The van der Waals surface area contributed by atoms with Crippen molar-refractivity contribution in [3.05, 3.63) is 29.8 Å². The maximum atomic E-state index is 12.2. The van der Waals surface area contributed by atoms with Crippen molar-refractivity contribution >= 4 is 23.6 Å². The Morgan fingerprint density at radius 1 is 1.14 bits per heavy atom. The number of rotatable bonds is 9. The Labute approximate surface area is 136 Å². The number of carbonyl (C=O) groups excluding carboxylic acids is 1. The molecule has 0 heterocycles. The number of carboxylic acids is 1. The Hall–Kier alpha value is -1.49. The summed E-state index contributed by atoms with van der Waals surface area (Å²) in [7, 11) is 0. The van der Waals surface area contributed by atoms with Crippen LogP contribution >= 0.6 is 11.8 Å². The van der Waals surface area contributed by atoms with E-state index in [-0.39, 0.29) is 12.3 Å². The van der Waals surface area contributed by atoms with Crippen LogP contribution in [0.1, 0.15) is 51.1 Å². The molecule has 1 unspecified atom stereocenters. The van der Waals surface area contributed by atoms with Crippen LogP contribution < -0.4 is 5.32 Å².